The summed E-state index contributed by atoms with van der Waals surface area (Å²) < 4.78 is 0. The van der Waals surface area contributed by atoms with Crippen LogP contribution in [-0.2, 0) is 4.79 Å². The Morgan fingerprint density at radius 1 is 1.47 bits per heavy atom. The number of hydrogen-bond donors (Lipinski definition) is 2. The fourth-order valence-electron chi connectivity index (χ4n) is 2.28. The number of carboxylic acids is 1. The molecule has 6 heteroatoms. The monoisotopic (exact) mass is 237 g/mol. The molecule has 1 aliphatic rings. The molecule has 1 atom stereocenters. The van der Waals surface area contributed by atoms with Crippen LogP contribution in [0.1, 0.15) is 34.6 Å². The number of aromatic nitrogens is 2. The zero-order chi connectivity index (χ0) is 12.6. The quantitative estimate of drug-likeness (QED) is 0.793. The van der Waals surface area contributed by atoms with Crippen LogP contribution < -0.4 is 0 Å². The number of aliphatic carboxylic acids is 1. The topological polar surface area (TPSA) is 86.3 Å². The Hall–Kier alpha value is -1.85. The SMILES string of the molecule is Cc1n[nH]c(C)c1C(=O)N1CCC[C@H]1C(=O)O. The van der Waals surface area contributed by atoms with Crippen LogP contribution >= 0.6 is 0 Å². The van der Waals surface area contributed by atoms with Crippen molar-refractivity contribution in [2.45, 2.75) is 32.7 Å². The minimum atomic E-state index is -0.936. The van der Waals surface area contributed by atoms with Crippen molar-refractivity contribution in [1.82, 2.24) is 15.1 Å². The van der Waals surface area contributed by atoms with E-state index in [-0.39, 0.29) is 5.91 Å². The third kappa shape index (κ3) is 1.90. The number of nitrogens with zero attached hydrogens (tertiary/aromatic N) is 2. The molecule has 2 heterocycles. The van der Waals surface area contributed by atoms with Crippen LogP contribution in [0.5, 0.6) is 0 Å². The van der Waals surface area contributed by atoms with Crippen molar-refractivity contribution in [2.24, 2.45) is 0 Å². The molecule has 2 N–H and O–H groups in total. The van der Waals surface area contributed by atoms with Crippen LogP contribution in [0.4, 0.5) is 0 Å². The van der Waals surface area contributed by atoms with Crippen molar-refractivity contribution in [3.63, 3.8) is 0 Å². The molecule has 0 bridgehead atoms. The van der Waals surface area contributed by atoms with Gasteiger partial charge in [-0.05, 0) is 26.7 Å². The Kier molecular flexibility index (Phi) is 2.87. The molecule has 0 radical (unpaired) electrons. The molecule has 6 nitrogen and oxygen atoms in total. The van der Waals surface area contributed by atoms with Gasteiger partial charge in [0.15, 0.2) is 0 Å². The number of likely N-dealkylation sites (tertiary alicyclic amines) is 1. The predicted octanol–water partition coefficient (Wildman–Crippen LogP) is 0.716. The van der Waals surface area contributed by atoms with Crippen molar-refractivity contribution in [1.29, 1.82) is 0 Å². The molecule has 1 saturated heterocycles. The molecule has 0 aromatic carbocycles. The summed E-state index contributed by atoms with van der Waals surface area (Å²) in [5.41, 5.74) is 1.80. The molecule has 1 aliphatic heterocycles. The second-order valence-electron chi connectivity index (χ2n) is 4.30. The maximum absolute atomic E-state index is 12.3. The van der Waals surface area contributed by atoms with Gasteiger partial charge in [0.2, 0.25) is 0 Å². The highest BCUT2D eigenvalue weighted by Crippen LogP contribution is 2.22. The maximum atomic E-state index is 12.3. The van der Waals surface area contributed by atoms with Crippen LogP contribution in [0.15, 0.2) is 0 Å². The first-order valence-corrected chi connectivity index (χ1v) is 5.57. The van der Waals surface area contributed by atoms with E-state index in [0.717, 1.165) is 6.42 Å². The van der Waals surface area contributed by atoms with Crippen molar-refractivity contribution in [3.05, 3.63) is 17.0 Å². The average Bonchev–Trinajstić information content (AvgIpc) is 2.85. The van der Waals surface area contributed by atoms with E-state index >= 15 is 0 Å². The standard InChI is InChI=1S/C11H15N3O3/c1-6-9(7(2)13-12-6)10(15)14-5-3-4-8(14)11(16)17/h8H,3-5H2,1-2H3,(H,12,13)(H,16,17)/t8-/m0/s1. The first-order chi connectivity index (χ1) is 8.02. The van der Waals surface area contributed by atoms with Crippen LogP contribution in [-0.4, -0.2) is 44.7 Å². The first-order valence-electron chi connectivity index (χ1n) is 5.57. The largest absolute Gasteiger partial charge is 0.480 e. The number of hydrogen-bond acceptors (Lipinski definition) is 3. The molecular formula is C11H15N3O3. The van der Waals surface area contributed by atoms with Crippen LogP contribution in [0.3, 0.4) is 0 Å². The lowest BCUT2D eigenvalue weighted by molar-refractivity contribution is -0.141. The molecule has 1 fully saturated rings. The molecule has 0 aliphatic carbocycles. The smallest absolute Gasteiger partial charge is 0.326 e. The van der Waals surface area contributed by atoms with Crippen molar-refractivity contribution < 1.29 is 14.7 Å². The summed E-state index contributed by atoms with van der Waals surface area (Å²) in [6, 6.07) is -0.698. The van der Waals surface area contributed by atoms with Gasteiger partial charge in [0.25, 0.3) is 5.91 Å². The highest BCUT2D eigenvalue weighted by atomic mass is 16.4. The van der Waals surface area contributed by atoms with Crippen LogP contribution in [0, 0.1) is 13.8 Å². The third-order valence-electron chi connectivity index (χ3n) is 3.14. The van der Waals surface area contributed by atoms with E-state index < -0.39 is 12.0 Å². The summed E-state index contributed by atoms with van der Waals surface area (Å²) in [6.45, 7) is 4.00. The molecule has 0 unspecified atom stereocenters. The fourth-order valence-corrected chi connectivity index (χ4v) is 2.28. The normalized spacial score (nSPS) is 19.6. The number of nitrogens with one attached hydrogen (secondary N) is 1. The lowest BCUT2D eigenvalue weighted by Crippen LogP contribution is -2.40. The molecule has 1 amide bonds. The molecule has 17 heavy (non-hydrogen) atoms. The summed E-state index contributed by atoms with van der Waals surface area (Å²) in [4.78, 5) is 24.7. The van der Waals surface area contributed by atoms with Crippen LogP contribution in [0.25, 0.3) is 0 Å². The van der Waals surface area contributed by atoms with Crippen LogP contribution in [0.2, 0.25) is 0 Å². The Labute approximate surface area is 98.6 Å². The Morgan fingerprint density at radius 3 is 2.71 bits per heavy atom. The number of aryl methyl sites for hydroxylation is 2. The van der Waals surface area contributed by atoms with Gasteiger partial charge in [0, 0.05) is 12.2 Å². The highest BCUT2D eigenvalue weighted by molar-refractivity contribution is 5.98. The van der Waals surface area contributed by atoms with E-state index in [1.54, 1.807) is 13.8 Å². The molecule has 0 saturated carbocycles. The number of amides is 1. The van der Waals surface area contributed by atoms with Gasteiger partial charge in [-0.25, -0.2) is 4.79 Å². The second-order valence-corrected chi connectivity index (χ2v) is 4.30. The zero-order valence-corrected chi connectivity index (χ0v) is 9.86. The molecule has 92 valence electrons. The number of carbonyl (C=O) groups is 2. The van der Waals surface area contributed by atoms with Gasteiger partial charge < -0.3 is 10.0 Å². The van der Waals surface area contributed by atoms with Gasteiger partial charge in [-0.3, -0.25) is 9.89 Å². The van der Waals surface area contributed by atoms with Crippen molar-refractivity contribution >= 4 is 11.9 Å². The first kappa shape index (κ1) is 11.6. The summed E-state index contributed by atoms with van der Waals surface area (Å²) in [6.07, 6.45) is 1.26. The molecule has 1 aromatic heterocycles. The average molecular weight is 237 g/mol. The number of carbonyl (C=O) groups excluding carboxylic acids is 1. The van der Waals surface area contributed by atoms with Gasteiger partial charge in [0.1, 0.15) is 6.04 Å². The highest BCUT2D eigenvalue weighted by Gasteiger charge is 2.35. The minimum Gasteiger partial charge on any atom is -0.480 e. The van der Waals surface area contributed by atoms with E-state index in [1.807, 2.05) is 0 Å². The maximum Gasteiger partial charge on any atom is 0.326 e. The lowest BCUT2D eigenvalue weighted by atomic mass is 10.1. The van der Waals surface area contributed by atoms with Gasteiger partial charge in [-0.2, -0.15) is 5.10 Å². The molecular weight excluding hydrogens is 222 g/mol. The van der Waals surface area contributed by atoms with E-state index in [4.69, 9.17) is 5.11 Å². The number of rotatable bonds is 2. The van der Waals surface area contributed by atoms with Gasteiger partial charge in [0.05, 0.1) is 11.3 Å². The lowest BCUT2D eigenvalue weighted by Gasteiger charge is -2.21. The predicted molar refractivity (Wildman–Crippen MR) is 59.8 cm³/mol. The van der Waals surface area contributed by atoms with Gasteiger partial charge >= 0.3 is 5.97 Å². The second kappa shape index (κ2) is 4.20. The van der Waals surface area contributed by atoms with E-state index in [9.17, 15) is 9.59 Å². The van der Waals surface area contributed by atoms with Crippen molar-refractivity contribution in [3.8, 4) is 0 Å². The third-order valence-corrected chi connectivity index (χ3v) is 3.14. The summed E-state index contributed by atoms with van der Waals surface area (Å²) in [7, 11) is 0. The summed E-state index contributed by atoms with van der Waals surface area (Å²) >= 11 is 0. The van der Waals surface area contributed by atoms with E-state index in [2.05, 4.69) is 10.2 Å². The van der Waals surface area contributed by atoms with E-state index in [1.165, 1.54) is 4.90 Å². The molecule has 0 spiro atoms. The molecule has 1 aromatic rings. The minimum absolute atomic E-state index is 0.237. The number of carboxylic acid groups (broad SMARTS) is 1. The van der Waals surface area contributed by atoms with Crippen molar-refractivity contribution in [2.75, 3.05) is 6.54 Å². The van der Waals surface area contributed by atoms with Gasteiger partial charge in [-0.1, -0.05) is 0 Å². The summed E-state index contributed by atoms with van der Waals surface area (Å²) in [5.74, 6) is -1.17. The number of H-pyrrole nitrogens is 1. The Balaban J connectivity index is 2.29. The van der Waals surface area contributed by atoms with Gasteiger partial charge in [-0.15, -0.1) is 0 Å². The zero-order valence-electron chi connectivity index (χ0n) is 9.86. The Morgan fingerprint density at radius 2 is 2.18 bits per heavy atom. The van der Waals surface area contributed by atoms with E-state index in [0.29, 0.717) is 29.9 Å². The fraction of sp³-hybridized carbons (Fsp3) is 0.545. The Bertz CT molecular complexity index is 447. The summed E-state index contributed by atoms with van der Waals surface area (Å²) in [5, 5.41) is 15.8. The molecule has 2 rings (SSSR count). The number of aromatic amines is 1.